The highest BCUT2D eigenvalue weighted by Crippen LogP contribution is 2.40. The van der Waals surface area contributed by atoms with Crippen molar-refractivity contribution >= 4 is 33.4 Å². The second-order valence-electron chi connectivity index (χ2n) is 7.44. The minimum absolute atomic E-state index is 0.207. The Bertz CT molecular complexity index is 1060. The largest absolute Gasteiger partial charge is 0.493 e. The third-order valence-corrected chi connectivity index (χ3v) is 6.50. The maximum absolute atomic E-state index is 13.1. The molecule has 8 heteroatoms. The molecule has 7 nitrogen and oxygen atoms in total. The first kappa shape index (κ1) is 20.2. The topological polar surface area (TPSA) is 97.8 Å². The Morgan fingerprint density at radius 2 is 1.77 bits per heavy atom. The molecule has 4 rings (SSSR count). The van der Waals surface area contributed by atoms with Crippen molar-refractivity contribution in [2.24, 2.45) is 5.41 Å². The van der Waals surface area contributed by atoms with E-state index < -0.39 is 11.4 Å². The van der Waals surface area contributed by atoms with Crippen LogP contribution in [0.2, 0.25) is 0 Å². The van der Waals surface area contributed by atoms with Crippen LogP contribution in [0.3, 0.4) is 0 Å². The Balaban J connectivity index is 1.53. The average Bonchev–Trinajstić information content (AvgIpc) is 3.30. The Morgan fingerprint density at radius 3 is 2.37 bits per heavy atom. The summed E-state index contributed by atoms with van der Waals surface area (Å²) in [6.07, 6.45) is 0.646. The molecule has 0 radical (unpaired) electrons. The lowest BCUT2D eigenvalue weighted by Crippen LogP contribution is -2.43. The third-order valence-electron chi connectivity index (χ3n) is 5.49. The summed E-state index contributed by atoms with van der Waals surface area (Å²) in [4.78, 5) is 29.2. The molecule has 0 aliphatic heterocycles. The lowest BCUT2D eigenvalue weighted by Gasteiger charge is -2.25. The number of nitrogens with zero attached hydrogens (tertiary/aromatic N) is 1. The van der Waals surface area contributed by atoms with E-state index in [1.807, 2.05) is 30.3 Å². The van der Waals surface area contributed by atoms with E-state index in [9.17, 15) is 14.7 Å². The van der Waals surface area contributed by atoms with Crippen LogP contribution in [-0.2, 0) is 29.0 Å². The maximum atomic E-state index is 13.1. The number of carboxylic acid groups (broad SMARTS) is 1. The first-order valence-electron chi connectivity index (χ1n) is 9.52. The van der Waals surface area contributed by atoms with Crippen molar-refractivity contribution < 1.29 is 24.2 Å². The summed E-state index contributed by atoms with van der Waals surface area (Å²) < 4.78 is 11.6. The van der Waals surface area contributed by atoms with Crippen LogP contribution in [0.5, 0.6) is 11.5 Å². The van der Waals surface area contributed by atoms with Crippen LogP contribution < -0.4 is 14.8 Å². The fourth-order valence-electron chi connectivity index (χ4n) is 4.07. The predicted molar refractivity (Wildman–Crippen MR) is 113 cm³/mol. The van der Waals surface area contributed by atoms with Gasteiger partial charge in [0.05, 0.1) is 42.8 Å². The molecule has 1 heterocycles. The number of carboxylic acids is 1. The van der Waals surface area contributed by atoms with E-state index in [4.69, 9.17) is 9.47 Å². The van der Waals surface area contributed by atoms with Gasteiger partial charge >= 0.3 is 5.97 Å². The van der Waals surface area contributed by atoms with Crippen molar-refractivity contribution in [2.45, 2.75) is 25.8 Å². The molecule has 0 atom stereocenters. The van der Waals surface area contributed by atoms with Gasteiger partial charge in [0.25, 0.3) is 0 Å². The first-order chi connectivity index (χ1) is 14.4. The Kier molecular flexibility index (Phi) is 5.34. The highest BCUT2D eigenvalue weighted by molar-refractivity contribution is 7.18. The molecule has 0 fully saturated rings. The highest BCUT2D eigenvalue weighted by Gasteiger charge is 2.45. The number of aromatic nitrogens is 1. The van der Waals surface area contributed by atoms with E-state index in [2.05, 4.69) is 10.3 Å². The highest BCUT2D eigenvalue weighted by atomic mass is 32.1. The molecule has 0 unspecified atom stereocenters. The minimum atomic E-state index is -0.975. The number of amides is 1. The summed E-state index contributed by atoms with van der Waals surface area (Å²) in [5.74, 6) is -0.0176. The number of benzene rings is 2. The van der Waals surface area contributed by atoms with E-state index in [0.717, 1.165) is 26.4 Å². The van der Waals surface area contributed by atoms with Gasteiger partial charge in [-0.2, -0.15) is 0 Å². The Hall–Kier alpha value is -3.13. The number of thiazole rings is 1. The van der Waals surface area contributed by atoms with Gasteiger partial charge < -0.3 is 19.9 Å². The number of carbonyl (C=O) groups excluding carboxylic acids is 1. The molecule has 0 spiro atoms. The number of aliphatic carboxylic acids is 1. The van der Waals surface area contributed by atoms with Crippen molar-refractivity contribution in [3.05, 3.63) is 52.5 Å². The van der Waals surface area contributed by atoms with Gasteiger partial charge in [-0.05, 0) is 24.0 Å². The monoisotopic (exact) mass is 426 g/mol. The van der Waals surface area contributed by atoms with E-state index in [1.54, 1.807) is 20.3 Å². The lowest BCUT2D eigenvalue weighted by atomic mass is 9.80. The maximum Gasteiger partial charge on any atom is 0.304 e. The zero-order chi connectivity index (χ0) is 21.3. The van der Waals surface area contributed by atoms with E-state index in [1.165, 1.54) is 11.3 Å². The van der Waals surface area contributed by atoms with Crippen molar-refractivity contribution in [3.63, 3.8) is 0 Å². The van der Waals surface area contributed by atoms with Crippen LogP contribution in [0, 0.1) is 5.41 Å². The summed E-state index contributed by atoms with van der Waals surface area (Å²) in [5, 5.41) is 13.1. The Labute approximate surface area is 177 Å². The van der Waals surface area contributed by atoms with Gasteiger partial charge in [0.15, 0.2) is 11.5 Å². The fourth-order valence-corrected chi connectivity index (χ4v) is 4.99. The lowest BCUT2D eigenvalue weighted by molar-refractivity contribution is -0.145. The predicted octanol–water partition coefficient (Wildman–Crippen LogP) is 3.19. The average molecular weight is 426 g/mol. The summed E-state index contributed by atoms with van der Waals surface area (Å²) in [7, 11) is 3.14. The molecule has 2 aromatic carbocycles. The van der Waals surface area contributed by atoms with E-state index in [-0.39, 0.29) is 18.9 Å². The van der Waals surface area contributed by atoms with E-state index >= 15 is 0 Å². The van der Waals surface area contributed by atoms with Gasteiger partial charge in [-0.1, -0.05) is 24.3 Å². The number of methoxy groups -OCH3 is 2. The zero-order valence-corrected chi connectivity index (χ0v) is 17.5. The number of rotatable bonds is 7. The molecule has 1 aliphatic rings. The number of nitrogens with one attached hydrogen (secondary N) is 1. The number of carbonyl (C=O) groups is 2. The molecule has 156 valence electrons. The molecular weight excluding hydrogens is 404 g/mol. The molecule has 2 N–H and O–H groups in total. The molecule has 3 aromatic rings. The zero-order valence-electron chi connectivity index (χ0n) is 16.7. The van der Waals surface area contributed by atoms with Gasteiger partial charge in [-0.3, -0.25) is 9.59 Å². The number of hydrogen-bond acceptors (Lipinski definition) is 6. The number of ether oxygens (including phenoxy) is 2. The van der Waals surface area contributed by atoms with Crippen molar-refractivity contribution in [1.29, 1.82) is 0 Å². The van der Waals surface area contributed by atoms with Crippen molar-refractivity contribution in [3.8, 4) is 11.5 Å². The van der Waals surface area contributed by atoms with Crippen LogP contribution >= 0.6 is 11.3 Å². The molecule has 1 aliphatic carbocycles. The second kappa shape index (κ2) is 7.95. The Morgan fingerprint density at radius 1 is 1.13 bits per heavy atom. The van der Waals surface area contributed by atoms with Crippen molar-refractivity contribution in [1.82, 2.24) is 10.3 Å². The van der Waals surface area contributed by atoms with E-state index in [0.29, 0.717) is 24.3 Å². The number of fused-ring (bicyclic) bond motifs is 2. The second-order valence-corrected chi connectivity index (χ2v) is 8.55. The van der Waals surface area contributed by atoms with Gasteiger partial charge in [0, 0.05) is 12.1 Å². The SMILES string of the molecule is COc1cc2nc(CNC(=O)C3(CC(=O)O)Cc4ccccc4C3)sc2cc1OC. The smallest absolute Gasteiger partial charge is 0.304 e. The fraction of sp³-hybridized carbons (Fsp3) is 0.318. The summed E-state index contributed by atoms with van der Waals surface area (Å²) in [6.45, 7) is 0.237. The van der Waals surface area contributed by atoms with Crippen LogP contribution in [0.15, 0.2) is 36.4 Å². The molecule has 1 amide bonds. The normalized spacial score (nSPS) is 14.3. The van der Waals surface area contributed by atoms with Crippen LogP contribution in [-0.4, -0.2) is 36.2 Å². The van der Waals surface area contributed by atoms with Crippen LogP contribution in [0.25, 0.3) is 10.2 Å². The molecule has 1 aromatic heterocycles. The van der Waals surface area contributed by atoms with Crippen LogP contribution in [0.1, 0.15) is 22.6 Å². The molecule has 0 saturated heterocycles. The summed E-state index contributed by atoms with van der Waals surface area (Å²) in [5.41, 5.74) is 1.86. The van der Waals surface area contributed by atoms with Gasteiger partial charge in [0.1, 0.15) is 5.01 Å². The molecule has 0 bridgehead atoms. The van der Waals surface area contributed by atoms with Gasteiger partial charge in [-0.15, -0.1) is 11.3 Å². The quantitative estimate of drug-likeness (QED) is 0.602. The molecular formula is C22H22N2O5S. The molecule has 30 heavy (non-hydrogen) atoms. The summed E-state index contributed by atoms with van der Waals surface area (Å²) >= 11 is 1.45. The summed E-state index contributed by atoms with van der Waals surface area (Å²) in [6, 6.07) is 11.4. The van der Waals surface area contributed by atoms with Gasteiger partial charge in [0.2, 0.25) is 5.91 Å². The van der Waals surface area contributed by atoms with Crippen molar-refractivity contribution in [2.75, 3.05) is 14.2 Å². The van der Waals surface area contributed by atoms with Crippen LogP contribution in [0.4, 0.5) is 0 Å². The minimum Gasteiger partial charge on any atom is -0.493 e. The third kappa shape index (κ3) is 3.70. The standard InChI is InChI=1S/C22H22N2O5S/c1-28-16-7-15-18(8-17(16)29-2)30-19(24-15)12-23-21(27)22(11-20(25)26)9-13-5-3-4-6-14(13)10-22/h3-8H,9-12H2,1-2H3,(H,23,27)(H,25,26). The number of hydrogen-bond donors (Lipinski definition) is 2. The van der Waals surface area contributed by atoms with Gasteiger partial charge in [-0.25, -0.2) is 4.98 Å². The molecule has 0 saturated carbocycles. The first-order valence-corrected chi connectivity index (χ1v) is 10.3.